The SMILES string of the molecule is CCOCCCNC(=O)CCc1nnc(-c2cc(C)nn2C)o1. The van der Waals surface area contributed by atoms with E-state index in [-0.39, 0.29) is 5.91 Å². The van der Waals surface area contributed by atoms with Gasteiger partial charge in [0.05, 0.1) is 5.69 Å². The van der Waals surface area contributed by atoms with E-state index in [1.54, 1.807) is 4.68 Å². The van der Waals surface area contributed by atoms with Crippen LogP contribution in [-0.4, -0.2) is 45.6 Å². The van der Waals surface area contributed by atoms with E-state index < -0.39 is 0 Å². The van der Waals surface area contributed by atoms with Gasteiger partial charge in [-0.3, -0.25) is 9.48 Å². The zero-order valence-electron chi connectivity index (χ0n) is 13.8. The number of amides is 1. The normalized spacial score (nSPS) is 10.9. The van der Waals surface area contributed by atoms with Gasteiger partial charge in [0.15, 0.2) is 0 Å². The molecule has 2 heterocycles. The summed E-state index contributed by atoms with van der Waals surface area (Å²) >= 11 is 0. The molecule has 23 heavy (non-hydrogen) atoms. The smallest absolute Gasteiger partial charge is 0.265 e. The van der Waals surface area contributed by atoms with Crippen molar-refractivity contribution in [3.8, 4) is 11.6 Å². The Balaban J connectivity index is 1.76. The van der Waals surface area contributed by atoms with E-state index in [1.165, 1.54) is 0 Å². The number of aryl methyl sites for hydroxylation is 3. The van der Waals surface area contributed by atoms with Crippen LogP contribution in [-0.2, 0) is 23.0 Å². The molecule has 8 heteroatoms. The summed E-state index contributed by atoms with van der Waals surface area (Å²) in [5.74, 6) is 0.834. The molecule has 1 amide bonds. The summed E-state index contributed by atoms with van der Waals surface area (Å²) in [5, 5.41) is 15.1. The van der Waals surface area contributed by atoms with Gasteiger partial charge >= 0.3 is 0 Å². The van der Waals surface area contributed by atoms with Crippen LogP contribution in [0.15, 0.2) is 10.5 Å². The summed E-state index contributed by atoms with van der Waals surface area (Å²) in [5.41, 5.74) is 1.65. The molecule has 0 saturated heterocycles. The number of aromatic nitrogens is 4. The first-order valence-corrected chi connectivity index (χ1v) is 7.78. The average molecular weight is 321 g/mol. The van der Waals surface area contributed by atoms with Crippen molar-refractivity contribution in [2.24, 2.45) is 7.05 Å². The van der Waals surface area contributed by atoms with Gasteiger partial charge in [0.2, 0.25) is 11.8 Å². The summed E-state index contributed by atoms with van der Waals surface area (Å²) in [6.07, 6.45) is 1.55. The van der Waals surface area contributed by atoms with Crippen LogP contribution in [0.2, 0.25) is 0 Å². The van der Waals surface area contributed by atoms with Crippen molar-refractivity contribution in [3.63, 3.8) is 0 Å². The zero-order chi connectivity index (χ0) is 16.7. The zero-order valence-corrected chi connectivity index (χ0v) is 13.8. The van der Waals surface area contributed by atoms with Gasteiger partial charge in [-0.1, -0.05) is 0 Å². The Bertz CT molecular complexity index is 635. The largest absolute Gasteiger partial charge is 0.419 e. The fraction of sp³-hybridized carbons (Fsp3) is 0.600. The van der Waals surface area contributed by atoms with Crippen molar-refractivity contribution in [1.82, 2.24) is 25.3 Å². The second kappa shape index (κ2) is 8.42. The minimum absolute atomic E-state index is 0.0300. The van der Waals surface area contributed by atoms with Gasteiger partial charge in [-0.2, -0.15) is 5.10 Å². The third-order valence-corrected chi connectivity index (χ3v) is 3.25. The van der Waals surface area contributed by atoms with E-state index >= 15 is 0 Å². The first-order chi connectivity index (χ1) is 11.1. The van der Waals surface area contributed by atoms with Gasteiger partial charge in [-0.25, -0.2) is 0 Å². The Kier molecular flexibility index (Phi) is 6.28. The lowest BCUT2D eigenvalue weighted by Gasteiger charge is -2.04. The molecule has 0 fully saturated rings. The predicted octanol–water partition coefficient (Wildman–Crippen LogP) is 1.25. The molecule has 2 rings (SSSR count). The van der Waals surface area contributed by atoms with Crippen LogP contribution < -0.4 is 5.32 Å². The number of ether oxygens (including phenoxy) is 1. The molecule has 0 bridgehead atoms. The average Bonchev–Trinajstić information content (AvgIpc) is 3.11. The number of hydrogen-bond donors (Lipinski definition) is 1. The second-order valence-corrected chi connectivity index (χ2v) is 5.20. The fourth-order valence-corrected chi connectivity index (χ4v) is 2.12. The third kappa shape index (κ3) is 5.17. The maximum absolute atomic E-state index is 11.7. The molecule has 0 unspecified atom stereocenters. The first kappa shape index (κ1) is 17.1. The minimum Gasteiger partial charge on any atom is -0.419 e. The summed E-state index contributed by atoms with van der Waals surface area (Å²) in [4.78, 5) is 11.7. The van der Waals surface area contributed by atoms with Crippen molar-refractivity contribution < 1.29 is 13.9 Å². The molecule has 0 saturated carbocycles. The van der Waals surface area contributed by atoms with Crippen molar-refractivity contribution in [2.45, 2.75) is 33.1 Å². The number of carbonyl (C=O) groups excluding carboxylic acids is 1. The molecule has 2 aromatic heterocycles. The standard InChI is InChI=1S/C15H23N5O3/c1-4-22-9-5-8-16-13(21)6-7-14-17-18-15(23-14)12-10-11(2)19-20(12)3/h10H,4-9H2,1-3H3,(H,16,21). The van der Waals surface area contributed by atoms with Crippen molar-refractivity contribution in [1.29, 1.82) is 0 Å². The maximum atomic E-state index is 11.7. The Hall–Kier alpha value is -2.22. The molecular weight excluding hydrogens is 298 g/mol. The quantitative estimate of drug-likeness (QED) is 0.699. The lowest BCUT2D eigenvalue weighted by atomic mass is 10.3. The summed E-state index contributed by atoms with van der Waals surface area (Å²) in [6.45, 7) is 5.82. The second-order valence-electron chi connectivity index (χ2n) is 5.20. The van der Waals surface area contributed by atoms with Gasteiger partial charge in [-0.05, 0) is 26.3 Å². The highest BCUT2D eigenvalue weighted by Crippen LogP contribution is 2.18. The van der Waals surface area contributed by atoms with Crippen molar-refractivity contribution >= 4 is 5.91 Å². The lowest BCUT2D eigenvalue weighted by molar-refractivity contribution is -0.121. The Morgan fingerprint density at radius 2 is 2.26 bits per heavy atom. The van der Waals surface area contributed by atoms with Crippen LogP contribution in [0, 0.1) is 6.92 Å². The Labute approximate surface area is 135 Å². The molecule has 0 spiro atoms. The van der Waals surface area contributed by atoms with E-state index in [1.807, 2.05) is 27.0 Å². The van der Waals surface area contributed by atoms with Crippen LogP contribution in [0.1, 0.15) is 31.4 Å². The number of rotatable bonds is 9. The van der Waals surface area contributed by atoms with Crippen LogP contribution in [0.5, 0.6) is 0 Å². The van der Waals surface area contributed by atoms with Crippen molar-refractivity contribution in [3.05, 3.63) is 17.7 Å². The highest BCUT2D eigenvalue weighted by Gasteiger charge is 2.14. The molecule has 0 aliphatic rings. The lowest BCUT2D eigenvalue weighted by Crippen LogP contribution is -2.25. The van der Waals surface area contributed by atoms with Crippen molar-refractivity contribution in [2.75, 3.05) is 19.8 Å². The van der Waals surface area contributed by atoms with E-state index in [9.17, 15) is 4.79 Å². The topological polar surface area (TPSA) is 95.1 Å². The Morgan fingerprint density at radius 3 is 2.96 bits per heavy atom. The molecule has 0 aliphatic carbocycles. The minimum atomic E-state index is -0.0300. The molecule has 2 aromatic rings. The first-order valence-electron chi connectivity index (χ1n) is 7.78. The Morgan fingerprint density at radius 1 is 1.43 bits per heavy atom. The maximum Gasteiger partial charge on any atom is 0.265 e. The van der Waals surface area contributed by atoms with Gasteiger partial charge < -0.3 is 14.5 Å². The number of nitrogens with zero attached hydrogens (tertiary/aromatic N) is 4. The van der Waals surface area contributed by atoms with Crippen LogP contribution in [0.25, 0.3) is 11.6 Å². The molecule has 0 atom stereocenters. The predicted molar refractivity (Wildman–Crippen MR) is 83.7 cm³/mol. The number of carbonyl (C=O) groups is 1. The highest BCUT2D eigenvalue weighted by molar-refractivity contribution is 5.75. The van der Waals surface area contributed by atoms with Gasteiger partial charge in [-0.15, -0.1) is 10.2 Å². The number of hydrogen-bond acceptors (Lipinski definition) is 6. The monoisotopic (exact) mass is 321 g/mol. The summed E-state index contributed by atoms with van der Waals surface area (Å²) < 4.78 is 12.5. The van der Waals surface area contributed by atoms with Gasteiger partial charge in [0.25, 0.3) is 5.89 Å². The van der Waals surface area contributed by atoms with E-state index in [2.05, 4.69) is 20.6 Å². The van der Waals surface area contributed by atoms with Crippen LogP contribution >= 0.6 is 0 Å². The highest BCUT2D eigenvalue weighted by atomic mass is 16.5. The molecule has 0 radical (unpaired) electrons. The van der Waals surface area contributed by atoms with E-state index in [4.69, 9.17) is 9.15 Å². The van der Waals surface area contributed by atoms with Gasteiger partial charge in [0, 0.05) is 39.6 Å². The summed E-state index contributed by atoms with van der Waals surface area (Å²) in [6, 6.07) is 1.88. The van der Waals surface area contributed by atoms with E-state index in [0.29, 0.717) is 44.4 Å². The fourth-order valence-electron chi connectivity index (χ4n) is 2.12. The molecule has 0 aromatic carbocycles. The molecular formula is C15H23N5O3. The van der Waals surface area contributed by atoms with Crippen LogP contribution in [0.4, 0.5) is 0 Å². The molecule has 126 valence electrons. The summed E-state index contributed by atoms with van der Waals surface area (Å²) in [7, 11) is 1.82. The molecule has 1 N–H and O–H groups in total. The third-order valence-electron chi connectivity index (χ3n) is 3.25. The molecule has 8 nitrogen and oxygen atoms in total. The molecule has 0 aliphatic heterocycles. The number of nitrogens with one attached hydrogen (secondary N) is 1. The van der Waals surface area contributed by atoms with Gasteiger partial charge in [0.1, 0.15) is 5.69 Å². The van der Waals surface area contributed by atoms with Crippen LogP contribution in [0.3, 0.4) is 0 Å². The van der Waals surface area contributed by atoms with E-state index in [0.717, 1.165) is 17.8 Å².